The van der Waals surface area contributed by atoms with E-state index in [9.17, 15) is 9.59 Å². The van der Waals surface area contributed by atoms with E-state index >= 15 is 0 Å². The smallest absolute Gasteiger partial charge is 0.379 e. The number of nitrogens with zero attached hydrogens (tertiary/aromatic N) is 2. The highest BCUT2D eigenvalue weighted by atomic mass is 16.4. The van der Waals surface area contributed by atoms with Crippen molar-refractivity contribution in [2.75, 3.05) is 0 Å². The maximum absolute atomic E-state index is 11.5. The lowest BCUT2D eigenvalue weighted by Crippen LogP contribution is -2.13. The van der Waals surface area contributed by atoms with Crippen molar-refractivity contribution in [2.45, 2.75) is 18.8 Å². The Kier molecular flexibility index (Phi) is 2.01. The number of fused-ring (bicyclic) bond motifs is 1. The van der Waals surface area contributed by atoms with Gasteiger partial charge in [0.1, 0.15) is 11.5 Å². The van der Waals surface area contributed by atoms with Crippen LogP contribution in [0.25, 0.3) is 5.52 Å². The highest BCUT2D eigenvalue weighted by Crippen LogP contribution is 2.39. The molecular weight excluding hydrogens is 220 g/mol. The van der Waals surface area contributed by atoms with Crippen LogP contribution in [0.2, 0.25) is 0 Å². The van der Waals surface area contributed by atoms with Crippen LogP contribution >= 0.6 is 0 Å². The monoisotopic (exact) mass is 230 g/mol. The van der Waals surface area contributed by atoms with Gasteiger partial charge in [-0.15, -0.1) is 0 Å². The number of ketones is 1. The Hall–Kier alpha value is -2.17. The van der Waals surface area contributed by atoms with Crippen LogP contribution in [0.3, 0.4) is 0 Å². The zero-order valence-corrected chi connectivity index (χ0v) is 8.96. The Morgan fingerprint density at radius 3 is 2.76 bits per heavy atom. The van der Waals surface area contributed by atoms with Gasteiger partial charge in [-0.1, -0.05) is 6.07 Å². The molecule has 0 atom stereocenters. The van der Waals surface area contributed by atoms with Gasteiger partial charge >= 0.3 is 5.97 Å². The minimum Gasteiger partial charge on any atom is -0.475 e. The van der Waals surface area contributed by atoms with Crippen molar-refractivity contribution < 1.29 is 14.7 Å². The number of carboxylic acids is 1. The number of carboxylic acid groups (broad SMARTS) is 1. The predicted molar refractivity (Wildman–Crippen MR) is 59.1 cm³/mol. The zero-order chi connectivity index (χ0) is 12.0. The van der Waals surface area contributed by atoms with Gasteiger partial charge in [-0.3, -0.25) is 4.79 Å². The molecule has 2 heterocycles. The van der Waals surface area contributed by atoms with E-state index in [1.807, 2.05) is 16.7 Å². The summed E-state index contributed by atoms with van der Waals surface area (Å²) in [7, 11) is 0. The molecule has 0 spiro atoms. The van der Waals surface area contributed by atoms with Gasteiger partial charge < -0.3 is 9.51 Å². The van der Waals surface area contributed by atoms with Crippen LogP contribution in [0, 0.1) is 0 Å². The number of aromatic nitrogens is 2. The average molecular weight is 230 g/mol. The summed E-state index contributed by atoms with van der Waals surface area (Å²) in [4.78, 5) is 26.5. The van der Waals surface area contributed by atoms with E-state index < -0.39 is 11.8 Å². The van der Waals surface area contributed by atoms with E-state index in [1.54, 1.807) is 12.1 Å². The maximum Gasteiger partial charge on any atom is 0.379 e. The number of aliphatic carboxylic acids is 1. The van der Waals surface area contributed by atoms with E-state index in [1.165, 1.54) is 0 Å². The molecule has 0 unspecified atom stereocenters. The van der Waals surface area contributed by atoms with Crippen LogP contribution < -0.4 is 0 Å². The Labute approximate surface area is 96.7 Å². The van der Waals surface area contributed by atoms with Gasteiger partial charge in [0.15, 0.2) is 0 Å². The molecular formula is C12H10N2O3. The Balaban J connectivity index is 2.24. The molecule has 1 aliphatic carbocycles. The molecule has 0 aromatic carbocycles. The third-order valence-corrected chi connectivity index (χ3v) is 2.93. The van der Waals surface area contributed by atoms with Crippen LogP contribution in [0.1, 0.15) is 35.1 Å². The average Bonchev–Trinajstić information content (AvgIpc) is 3.09. The summed E-state index contributed by atoms with van der Waals surface area (Å²) in [6, 6.07) is 5.33. The number of carbonyl (C=O) groups excluding carboxylic acids is 1. The van der Waals surface area contributed by atoms with E-state index in [2.05, 4.69) is 4.98 Å². The molecule has 5 heteroatoms. The zero-order valence-electron chi connectivity index (χ0n) is 8.96. The number of carbonyl (C=O) groups is 2. The number of hydrogen-bond donors (Lipinski definition) is 1. The standard InChI is InChI=1S/C12H10N2O3/c15-10(12(16)17)9-8-3-1-2-6-14(8)11(13-9)7-4-5-7/h1-3,6-7H,4-5H2,(H,16,17). The summed E-state index contributed by atoms with van der Waals surface area (Å²) in [6.07, 6.45) is 3.91. The molecule has 86 valence electrons. The fourth-order valence-electron chi connectivity index (χ4n) is 1.96. The molecule has 2 aromatic rings. The number of pyridine rings is 1. The van der Waals surface area contributed by atoms with Crippen LogP contribution in [0.15, 0.2) is 24.4 Å². The number of rotatable bonds is 3. The summed E-state index contributed by atoms with van der Waals surface area (Å²) < 4.78 is 1.81. The minimum absolute atomic E-state index is 0.0417. The second-order valence-corrected chi connectivity index (χ2v) is 4.18. The Morgan fingerprint density at radius 1 is 1.35 bits per heavy atom. The lowest BCUT2D eigenvalue weighted by atomic mass is 10.2. The van der Waals surface area contributed by atoms with Gasteiger partial charge in [0, 0.05) is 12.1 Å². The molecule has 1 N–H and O–H groups in total. The van der Waals surface area contributed by atoms with E-state index in [0.717, 1.165) is 18.7 Å². The largest absolute Gasteiger partial charge is 0.475 e. The molecule has 0 saturated heterocycles. The fourth-order valence-corrected chi connectivity index (χ4v) is 1.96. The topological polar surface area (TPSA) is 71.7 Å². The van der Waals surface area contributed by atoms with Crippen molar-refractivity contribution in [3.05, 3.63) is 35.9 Å². The molecule has 0 aliphatic heterocycles. The van der Waals surface area contributed by atoms with Crippen LogP contribution in [-0.2, 0) is 4.79 Å². The molecule has 3 rings (SSSR count). The maximum atomic E-state index is 11.5. The van der Waals surface area contributed by atoms with Crippen molar-refractivity contribution >= 4 is 17.3 Å². The molecule has 0 amide bonds. The SMILES string of the molecule is O=C(O)C(=O)c1nc(C2CC2)n2ccccc12. The number of imidazole rings is 1. The molecule has 17 heavy (non-hydrogen) atoms. The van der Waals surface area contributed by atoms with E-state index in [-0.39, 0.29) is 5.69 Å². The molecule has 1 saturated carbocycles. The first-order valence-corrected chi connectivity index (χ1v) is 5.43. The normalized spacial score (nSPS) is 15.1. The van der Waals surface area contributed by atoms with Crippen molar-refractivity contribution in [2.24, 2.45) is 0 Å². The lowest BCUT2D eigenvalue weighted by molar-refractivity contribution is -0.131. The van der Waals surface area contributed by atoms with Crippen LogP contribution in [-0.4, -0.2) is 26.2 Å². The van der Waals surface area contributed by atoms with Gasteiger partial charge in [-0.05, 0) is 25.0 Å². The fraction of sp³-hybridized carbons (Fsp3) is 0.250. The van der Waals surface area contributed by atoms with Crippen molar-refractivity contribution in [3.63, 3.8) is 0 Å². The Bertz CT molecular complexity index is 626. The van der Waals surface area contributed by atoms with Crippen LogP contribution in [0.5, 0.6) is 0 Å². The summed E-state index contributed by atoms with van der Waals surface area (Å²) in [5.74, 6) is -1.25. The quantitative estimate of drug-likeness (QED) is 0.640. The van der Waals surface area contributed by atoms with E-state index in [4.69, 9.17) is 5.11 Å². The molecule has 0 radical (unpaired) electrons. The molecule has 1 aliphatic rings. The number of Topliss-reactive ketones (excluding diaryl/α,β-unsaturated/α-hetero) is 1. The van der Waals surface area contributed by atoms with Gasteiger partial charge in [-0.25, -0.2) is 9.78 Å². The van der Waals surface area contributed by atoms with Crippen molar-refractivity contribution in [1.29, 1.82) is 0 Å². The first kappa shape index (κ1) is 10.0. The van der Waals surface area contributed by atoms with Gasteiger partial charge in [0.25, 0.3) is 5.78 Å². The first-order chi connectivity index (χ1) is 8.18. The summed E-state index contributed by atoms with van der Waals surface area (Å²) in [5, 5.41) is 8.76. The van der Waals surface area contributed by atoms with Crippen LogP contribution in [0.4, 0.5) is 0 Å². The third kappa shape index (κ3) is 1.51. The summed E-state index contributed by atoms with van der Waals surface area (Å²) >= 11 is 0. The van der Waals surface area contributed by atoms with Gasteiger partial charge in [0.05, 0.1) is 5.52 Å². The minimum atomic E-state index is -1.46. The predicted octanol–water partition coefficient (Wildman–Crippen LogP) is 1.48. The highest BCUT2D eigenvalue weighted by molar-refractivity contribution is 6.40. The second kappa shape index (κ2) is 3.41. The Morgan fingerprint density at radius 2 is 2.12 bits per heavy atom. The number of hydrogen-bond acceptors (Lipinski definition) is 3. The summed E-state index contributed by atoms with van der Waals surface area (Å²) in [6.45, 7) is 0. The molecule has 2 aromatic heterocycles. The third-order valence-electron chi connectivity index (χ3n) is 2.93. The molecule has 5 nitrogen and oxygen atoms in total. The first-order valence-electron chi connectivity index (χ1n) is 5.43. The second-order valence-electron chi connectivity index (χ2n) is 4.18. The molecule has 1 fully saturated rings. The lowest BCUT2D eigenvalue weighted by Gasteiger charge is -1.96. The van der Waals surface area contributed by atoms with Crippen molar-refractivity contribution in [3.8, 4) is 0 Å². The highest BCUT2D eigenvalue weighted by Gasteiger charge is 2.31. The summed E-state index contributed by atoms with van der Waals surface area (Å²) in [5.41, 5.74) is 0.613. The van der Waals surface area contributed by atoms with E-state index in [0.29, 0.717) is 11.4 Å². The van der Waals surface area contributed by atoms with Gasteiger partial charge in [0.2, 0.25) is 0 Å². The molecule has 0 bridgehead atoms. The van der Waals surface area contributed by atoms with Crippen molar-refractivity contribution in [1.82, 2.24) is 9.38 Å². The van der Waals surface area contributed by atoms with Gasteiger partial charge in [-0.2, -0.15) is 0 Å².